The summed E-state index contributed by atoms with van der Waals surface area (Å²) in [7, 11) is 0. The number of hydrogen-bond acceptors (Lipinski definition) is 2. The fourth-order valence-electron chi connectivity index (χ4n) is 2.87. The lowest BCUT2D eigenvalue weighted by Gasteiger charge is -2.36. The molecule has 0 unspecified atom stereocenters. The van der Waals surface area contributed by atoms with Crippen LogP contribution in [0.4, 0.5) is 10.5 Å². The lowest BCUT2D eigenvalue weighted by molar-refractivity contribution is 0.194. The highest BCUT2D eigenvalue weighted by molar-refractivity contribution is 6.35. The Morgan fingerprint density at radius 1 is 1.04 bits per heavy atom. The van der Waals surface area contributed by atoms with Crippen molar-refractivity contribution in [3.05, 3.63) is 63.6 Å². The highest BCUT2D eigenvalue weighted by Gasteiger charge is 2.22. The number of urea groups is 1. The number of hydrogen-bond donors (Lipinski definition) is 1. The van der Waals surface area contributed by atoms with Gasteiger partial charge in [-0.25, -0.2) is 4.79 Å². The summed E-state index contributed by atoms with van der Waals surface area (Å²) in [6.45, 7) is 5.37. The Labute approximate surface area is 158 Å². The number of amides is 2. The van der Waals surface area contributed by atoms with E-state index in [-0.39, 0.29) is 6.03 Å². The first-order chi connectivity index (χ1) is 12.0. The van der Waals surface area contributed by atoms with Crippen LogP contribution in [0, 0.1) is 6.92 Å². The molecule has 1 heterocycles. The van der Waals surface area contributed by atoms with Crippen LogP contribution < -0.4 is 10.2 Å². The predicted octanol–water partition coefficient (Wildman–Crippen LogP) is 4.33. The van der Waals surface area contributed by atoms with Crippen LogP contribution in [-0.4, -0.2) is 37.1 Å². The van der Waals surface area contributed by atoms with Gasteiger partial charge in [0.05, 0.1) is 10.7 Å². The molecule has 25 heavy (non-hydrogen) atoms. The molecule has 3 rings (SSSR count). The minimum Gasteiger partial charge on any atom is -0.367 e. The summed E-state index contributed by atoms with van der Waals surface area (Å²) in [5.41, 5.74) is 3.24. The minimum atomic E-state index is -0.0302. The summed E-state index contributed by atoms with van der Waals surface area (Å²) in [4.78, 5) is 16.4. The third-order valence-electron chi connectivity index (χ3n) is 4.38. The average Bonchev–Trinajstić information content (AvgIpc) is 2.63. The maximum atomic E-state index is 12.4. The Morgan fingerprint density at radius 2 is 1.72 bits per heavy atom. The Morgan fingerprint density at radius 3 is 2.40 bits per heavy atom. The zero-order valence-electron chi connectivity index (χ0n) is 14.1. The average molecular weight is 378 g/mol. The molecule has 0 radical (unpaired) electrons. The molecule has 1 fully saturated rings. The number of piperazine rings is 1. The largest absolute Gasteiger partial charge is 0.367 e. The summed E-state index contributed by atoms with van der Waals surface area (Å²) in [5, 5.41) is 4.33. The van der Waals surface area contributed by atoms with Crippen LogP contribution in [0.5, 0.6) is 0 Å². The monoisotopic (exact) mass is 377 g/mol. The van der Waals surface area contributed by atoms with Crippen LogP contribution in [0.1, 0.15) is 11.1 Å². The van der Waals surface area contributed by atoms with Gasteiger partial charge in [0.15, 0.2) is 0 Å². The molecular formula is C19H21Cl2N3O. The predicted molar refractivity (Wildman–Crippen MR) is 104 cm³/mol. The van der Waals surface area contributed by atoms with Gasteiger partial charge in [0.1, 0.15) is 0 Å². The van der Waals surface area contributed by atoms with Crippen LogP contribution in [0.25, 0.3) is 0 Å². The number of halogens is 2. The smallest absolute Gasteiger partial charge is 0.317 e. The van der Waals surface area contributed by atoms with E-state index in [0.29, 0.717) is 29.7 Å². The third kappa shape index (κ3) is 4.59. The van der Waals surface area contributed by atoms with Gasteiger partial charge in [0.2, 0.25) is 0 Å². The van der Waals surface area contributed by atoms with Crippen molar-refractivity contribution in [3.63, 3.8) is 0 Å². The van der Waals surface area contributed by atoms with E-state index in [4.69, 9.17) is 23.2 Å². The second kappa shape index (κ2) is 7.98. The van der Waals surface area contributed by atoms with Crippen molar-refractivity contribution in [2.24, 2.45) is 0 Å². The summed E-state index contributed by atoms with van der Waals surface area (Å²) in [6, 6.07) is 13.6. The number of rotatable bonds is 3. The van der Waals surface area contributed by atoms with E-state index < -0.39 is 0 Å². The van der Waals surface area contributed by atoms with Gasteiger partial charge in [-0.2, -0.15) is 0 Å². The van der Waals surface area contributed by atoms with Crippen LogP contribution >= 0.6 is 23.2 Å². The van der Waals surface area contributed by atoms with Crippen LogP contribution in [0.2, 0.25) is 10.0 Å². The second-order valence-electron chi connectivity index (χ2n) is 6.21. The van der Waals surface area contributed by atoms with Crippen molar-refractivity contribution >= 4 is 34.9 Å². The third-order valence-corrected chi connectivity index (χ3v) is 4.93. The Kier molecular flexibility index (Phi) is 5.71. The number of nitrogens with zero attached hydrogens (tertiary/aromatic N) is 2. The topological polar surface area (TPSA) is 35.6 Å². The van der Waals surface area contributed by atoms with Gasteiger partial charge in [0, 0.05) is 37.7 Å². The first-order valence-corrected chi connectivity index (χ1v) is 9.07. The molecule has 0 aromatic heterocycles. The van der Waals surface area contributed by atoms with Gasteiger partial charge in [-0.15, -0.1) is 0 Å². The molecule has 1 N–H and O–H groups in total. The fourth-order valence-corrected chi connectivity index (χ4v) is 3.28. The van der Waals surface area contributed by atoms with Crippen LogP contribution in [0.15, 0.2) is 42.5 Å². The molecule has 1 aliphatic rings. The van der Waals surface area contributed by atoms with Crippen molar-refractivity contribution in [1.82, 2.24) is 10.2 Å². The summed E-state index contributed by atoms with van der Waals surface area (Å²) >= 11 is 12.3. The maximum absolute atomic E-state index is 12.4. The van der Waals surface area contributed by atoms with Crippen molar-refractivity contribution in [2.45, 2.75) is 13.5 Å². The lowest BCUT2D eigenvalue weighted by atomic mass is 10.1. The summed E-state index contributed by atoms with van der Waals surface area (Å²) in [6.07, 6.45) is 0. The van der Waals surface area contributed by atoms with Crippen molar-refractivity contribution in [1.29, 1.82) is 0 Å². The first-order valence-electron chi connectivity index (χ1n) is 8.31. The van der Waals surface area contributed by atoms with E-state index in [1.165, 1.54) is 5.56 Å². The second-order valence-corrected chi connectivity index (χ2v) is 7.06. The van der Waals surface area contributed by atoms with Gasteiger partial charge < -0.3 is 15.1 Å². The fraction of sp³-hybridized carbons (Fsp3) is 0.316. The molecule has 0 aliphatic carbocycles. The van der Waals surface area contributed by atoms with Crippen LogP contribution in [-0.2, 0) is 6.54 Å². The molecule has 1 aliphatic heterocycles. The zero-order chi connectivity index (χ0) is 17.8. The number of carbonyl (C=O) groups is 1. The Balaban J connectivity index is 1.52. The number of carbonyl (C=O) groups excluding carboxylic acids is 1. The highest BCUT2D eigenvalue weighted by Crippen LogP contribution is 2.29. The number of benzene rings is 2. The number of nitrogens with one attached hydrogen (secondary N) is 1. The molecule has 2 aromatic carbocycles. The molecule has 0 atom stereocenters. The first kappa shape index (κ1) is 17.9. The van der Waals surface area contributed by atoms with E-state index >= 15 is 0 Å². The van der Waals surface area contributed by atoms with E-state index in [9.17, 15) is 4.79 Å². The van der Waals surface area contributed by atoms with Gasteiger partial charge in [0.25, 0.3) is 0 Å². The van der Waals surface area contributed by atoms with Gasteiger partial charge in [-0.05, 0) is 30.7 Å². The quantitative estimate of drug-likeness (QED) is 0.863. The molecule has 0 saturated carbocycles. The molecule has 0 spiro atoms. The van der Waals surface area contributed by atoms with E-state index in [0.717, 1.165) is 24.3 Å². The lowest BCUT2D eigenvalue weighted by Crippen LogP contribution is -2.51. The van der Waals surface area contributed by atoms with Crippen LogP contribution in [0.3, 0.4) is 0 Å². The molecule has 132 valence electrons. The molecule has 4 nitrogen and oxygen atoms in total. The standard InChI is InChI=1S/C19H21Cl2N3O/c1-14-2-4-15(5-3-14)13-22-19(25)24-10-8-23(9-11-24)18-12-16(20)6-7-17(18)21/h2-7,12H,8-11,13H2,1H3,(H,22,25). The molecular weight excluding hydrogens is 357 g/mol. The maximum Gasteiger partial charge on any atom is 0.317 e. The number of aryl methyl sites for hydroxylation is 1. The van der Waals surface area contributed by atoms with Crippen molar-refractivity contribution < 1.29 is 4.79 Å². The van der Waals surface area contributed by atoms with Crippen molar-refractivity contribution in [2.75, 3.05) is 31.1 Å². The van der Waals surface area contributed by atoms with Gasteiger partial charge >= 0.3 is 6.03 Å². The summed E-state index contributed by atoms with van der Waals surface area (Å²) in [5.74, 6) is 0. The molecule has 2 amide bonds. The molecule has 2 aromatic rings. The molecule has 0 bridgehead atoms. The SMILES string of the molecule is Cc1ccc(CNC(=O)N2CCN(c3cc(Cl)ccc3Cl)CC2)cc1. The Hall–Kier alpha value is -1.91. The minimum absolute atomic E-state index is 0.0302. The van der Waals surface area contributed by atoms with Gasteiger partial charge in [-0.3, -0.25) is 0 Å². The van der Waals surface area contributed by atoms with E-state index in [1.54, 1.807) is 12.1 Å². The van der Waals surface area contributed by atoms with Crippen molar-refractivity contribution in [3.8, 4) is 0 Å². The zero-order valence-corrected chi connectivity index (χ0v) is 15.6. The molecule has 1 saturated heterocycles. The van der Waals surface area contributed by atoms with E-state index in [1.807, 2.05) is 30.0 Å². The van der Waals surface area contributed by atoms with Gasteiger partial charge in [-0.1, -0.05) is 53.0 Å². The normalized spacial score (nSPS) is 14.5. The van der Waals surface area contributed by atoms with E-state index in [2.05, 4.69) is 22.3 Å². The summed E-state index contributed by atoms with van der Waals surface area (Å²) < 4.78 is 0. The Bertz CT molecular complexity index is 741. The molecule has 6 heteroatoms. The highest BCUT2D eigenvalue weighted by atomic mass is 35.5. The number of anilines is 1.